The third-order valence-corrected chi connectivity index (χ3v) is 11.1. The summed E-state index contributed by atoms with van der Waals surface area (Å²) in [5.41, 5.74) is 6.39. The van der Waals surface area contributed by atoms with Crippen molar-refractivity contribution in [3.63, 3.8) is 0 Å². The van der Waals surface area contributed by atoms with Crippen LogP contribution in [-0.4, -0.2) is 15.0 Å². The van der Waals surface area contributed by atoms with E-state index >= 15 is 0 Å². The summed E-state index contributed by atoms with van der Waals surface area (Å²) in [5.74, 6) is 1.87. The van der Waals surface area contributed by atoms with Gasteiger partial charge >= 0.3 is 0 Å². The van der Waals surface area contributed by atoms with E-state index in [1.807, 2.05) is 11.3 Å². The predicted octanol–water partition coefficient (Wildman–Crippen LogP) is 12.5. The standard InChI is InChI=1S/C45H26N4S/c1-2-10-29-23-32(20-19-27(29)9-1)43-46-44(33-21-22-41-37(25-33)34-15-5-6-18-40(34)50-41)48-45(47-43)49-38-17-8-14-28-13-7-16-35(42(28)38)36-24-30-11-3-4-12-31(30)26-39(36)49/h1-26H. The molecule has 3 heterocycles. The fourth-order valence-electron chi connectivity index (χ4n) is 7.62. The van der Waals surface area contributed by atoms with E-state index in [0.29, 0.717) is 17.6 Å². The summed E-state index contributed by atoms with van der Waals surface area (Å²) in [7, 11) is 0. The van der Waals surface area contributed by atoms with Crippen LogP contribution in [0.2, 0.25) is 0 Å². The molecule has 0 saturated carbocycles. The van der Waals surface area contributed by atoms with Crippen molar-refractivity contribution in [3.8, 4) is 33.9 Å². The first-order chi connectivity index (χ1) is 24.7. The number of rotatable bonds is 3. The molecule has 232 valence electrons. The van der Waals surface area contributed by atoms with Crippen LogP contribution < -0.4 is 4.90 Å². The second-order valence-electron chi connectivity index (χ2n) is 12.9. The minimum Gasteiger partial charge on any atom is -0.278 e. The molecule has 0 unspecified atom stereocenters. The average molecular weight is 655 g/mol. The summed E-state index contributed by atoms with van der Waals surface area (Å²) in [5, 5.41) is 9.53. The van der Waals surface area contributed by atoms with Gasteiger partial charge in [-0.1, -0.05) is 109 Å². The lowest BCUT2D eigenvalue weighted by Gasteiger charge is -2.32. The Balaban J connectivity index is 1.21. The number of fused-ring (bicyclic) bond motifs is 7. The molecule has 1 aliphatic rings. The Hall–Kier alpha value is -6.43. The van der Waals surface area contributed by atoms with Crippen molar-refractivity contribution in [1.29, 1.82) is 0 Å². The summed E-state index contributed by atoms with van der Waals surface area (Å²) >= 11 is 1.81. The van der Waals surface area contributed by atoms with E-state index in [4.69, 9.17) is 15.0 Å². The fourth-order valence-corrected chi connectivity index (χ4v) is 8.71. The molecule has 0 radical (unpaired) electrons. The van der Waals surface area contributed by atoms with E-state index < -0.39 is 0 Å². The molecule has 0 spiro atoms. The van der Waals surface area contributed by atoms with Crippen molar-refractivity contribution in [2.45, 2.75) is 0 Å². The minimum atomic E-state index is 0.590. The summed E-state index contributed by atoms with van der Waals surface area (Å²) in [6.07, 6.45) is 0. The van der Waals surface area contributed by atoms with Crippen LogP contribution in [-0.2, 0) is 0 Å². The number of nitrogens with zero attached hydrogens (tertiary/aromatic N) is 4. The zero-order valence-corrected chi connectivity index (χ0v) is 27.5. The first-order valence-electron chi connectivity index (χ1n) is 16.8. The quantitative estimate of drug-likeness (QED) is 0.190. The highest BCUT2D eigenvalue weighted by Gasteiger charge is 2.29. The molecule has 0 aliphatic carbocycles. The van der Waals surface area contributed by atoms with Crippen molar-refractivity contribution in [2.75, 3.05) is 4.90 Å². The normalized spacial score (nSPS) is 12.4. The van der Waals surface area contributed by atoms with Crippen LogP contribution >= 0.6 is 11.3 Å². The maximum Gasteiger partial charge on any atom is 0.238 e. The Morgan fingerprint density at radius 2 is 1.04 bits per heavy atom. The molecule has 5 heteroatoms. The van der Waals surface area contributed by atoms with Gasteiger partial charge in [0.25, 0.3) is 0 Å². The lowest BCUT2D eigenvalue weighted by atomic mass is 9.90. The number of anilines is 3. The van der Waals surface area contributed by atoms with Crippen molar-refractivity contribution in [1.82, 2.24) is 15.0 Å². The highest BCUT2D eigenvalue weighted by atomic mass is 32.1. The van der Waals surface area contributed by atoms with E-state index in [-0.39, 0.29) is 0 Å². The van der Waals surface area contributed by atoms with Gasteiger partial charge in [0.2, 0.25) is 5.95 Å². The highest BCUT2D eigenvalue weighted by molar-refractivity contribution is 7.25. The Morgan fingerprint density at radius 1 is 0.400 bits per heavy atom. The van der Waals surface area contributed by atoms with Crippen LogP contribution in [0.5, 0.6) is 0 Å². The van der Waals surface area contributed by atoms with Gasteiger partial charge in [-0.15, -0.1) is 11.3 Å². The SMILES string of the molecule is c1ccc2cc(-c3nc(-c4ccc5sc6ccccc6c5c4)nc(N4c5cc6ccccc6cc5-c5cccc6cccc4c56)n3)ccc2c1. The average Bonchev–Trinajstić information content (AvgIpc) is 3.55. The van der Waals surface area contributed by atoms with E-state index in [2.05, 4.69) is 163 Å². The molecule has 1 aliphatic heterocycles. The van der Waals surface area contributed by atoms with Crippen molar-refractivity contribution < 1.29 is 0 Å². The minimum absolute atomic E-state index is 0.590. The Labute approximate surface area is 291 Å². The fraction of sp³-hybridized carbons (Fsp3) is 0. The first-order valence-corrected chi connectivity index (χ1v) is 17.6. The van der Waals surface area contributed by atoms with E-state index in [1.54, 1.807) is 0 Å². The lowest BCUT2D eigenvalue weighted by molar-refractivity contribution is 1.02. The summed E-state index contributed by atoms with van der Waals surface area (Å²) < 4.78 is 2.52. The number of hydrogen-bond acceptors (Lipinski definition) is 5. The zero-order chi connectivity index (χ0) is 32.8. The monoisotopic (exact) mass is 654 g/mol. The maximum absolute atomic E-state index is 5.33. The molecule has 8 aromatic carbocycles. The number of aromatic nitrogens is 3. The van der Waals surface area contributed by atoms with Gasteiger partial charge in [0, 0.05) is 42.2 Å². The van der Waals surface area contributed by atoms with Crippen LogP contribution in [0.15, 0.2) is 158 Å². The molecule has 0 N–H and O–H groups in total. The van der Waals surface area contributed by atoms with Crippen LogP contribution in [0, 0.1) is 0 Å². The van der Waals surface area contributed by atoms with Crippen molar-refractivity contribution in [3.05, 3.63) is 158 Å². The van der Waals surface area contributed by atoms with Gasteiger partial charge < -0.3 is 0 Å². The molecule has 0 fully saturated rings. The van der Waals surface area contributed by atoms with Gasteiger partial charge in [0.1, 0.15) is 0 Å². The Morgan fingerprint density at radius 3 is 1.88 bits per heavy atom. The van der Waals surface area contributed by atoms with Crippen LogP contribution in [0.3, 0.4) is 0 Å². The van der Waals surface area contributed by atoms with Gasteiger partial charge in [-0.25, -0.2) is 4.98 Å². The van der Waals surface area contributed by atoms with Crippen LogP contribution in [0.25, 0.3) is 86.4 Å². The third kappa shape index (κ3) is 4.14. The van der Waals surface area contributed by atoms with Gasteiger partial charge in [0.05, 0.1) is 11.4 Å². The molecule has 4 nitrogen and oxygen atoms in total. The topological polar surface area (TPSA) is 41.9 Å². The summed E-state index contributed by atoms with van der Waals surface area (Å²) in [4.78, 5) is 18.1. The highest BCUT2D eigenvalue weighted by Crippen LogP contribution is 2.51. The van der Waals surface area contributed by atoms with Gasteiger partial charge in [-0.05, 0) is 81.0 Å². The molecular weight excluding hydrogens is 629 g/mol. The first kappa shape index (κ1) is 27.5. The molecule has 10 aromatic rings. The molecule has 2 aromatic heterocycles. The van der Waals surface area contributed by atoms with E-state index in [0.717, 1.165) is 33.5 Å². The molecule has 50 heavy (non-hydrogen) atoms. The van der Waals surface area contributed by atoms with Crippen LogP contribution in [0.1, 0.15) is 0 Å². The molecular formula is C45H26N4S. The van der Waals surface area contributed by atoms with E-state index in [9.17, 15) is 0 Å². The molecule has 11 rings (SSSR count). The van der Waals surface area contributed by atoms with Crippen molar-refractivity contribution >= 4 is 81.1 Å². The zero-order valence-electron chi connectivity index (χ0n) is 26.7. The summed E-state index contributed by atoms with van der Waals surface area (Å²) in [6, 6.07) is 56.3. The smallest absolute Gasteiger partial charge is 0.238 e. The van der Waals surface area contributed by atoms with Crippen molar-refractivity contribution in [2.24, 2.45) is 0 Å². The Kier molecular flexibility index (Phi) is 5.80. The van der Waals surface area contributed by atoms with Gasteiger partial charge in [0.15, 0.2) is 11.6 Å². The van der Waals surface area contributed by atoms with E-state index in [1.165, 1.54) is 52.7 Å². The maximum atomic E-state index is 5.33. The molecule has 0 amide bonds. The molecule has 0 atom stereocenters. The van der Waals surface area contributed by atoms with Crippen LogP contribution in [0.4, 0.5) is 17.3 Å². The van der Waals surface area contributed by atoms with Gasteiger partial charge in [-0.2, -0.15) is 9.97 Å². The predicted molar refractivity (Wildman–Crippen MR) is 210 cm³/mol. The molecule has 0 saturated heterocycles. The molecule has 0 bridgehead atoms. The number of thiophene rings is 1. The largest absolute Gasteiger partial charge is 0.278 e. The second-order valence-corrected chi connectivity index (χ2v) is 14.0. The lowest BCUT2D eigenvalue weighted by Crippen LogP contribution is -2.18. The van der Waals surface area contributed by atoms with Gasteiger partial charge in [-0.3, -0.25) is 4.90 Å². The third-order valence-electron chi connectivity index (χ3n) is 9.98. The Bertz CT molecular complexity index is 3010. The second kappa shape index (κ2) is 10.5. The summed E-state index contributed by atoms with van der Waals surface area (Å²) in [6.45, 7) is 0. The number of hydrogen-bond donors (Lipinski definition) is 0. The number of benzene rings is 8.